The first-order chi connectivity index (χ1) is 9.16. The van der Waals surface area contributed by atoms with E-state index in [1.54, 1.807) is 6.07 Å². The Bertz CT molecular complexity index is 716. The van der Waals surface area contributed by atoms with E-state index in [1.165, 1.54) is 12.1 Å². The molecule has 96 valence electrons. The van der Waals surface area contributed by atoms with Crippen LogP contribution in [0.25, 0.3) is 11.0 Å². The van der Waals surface area contributed by atoms with Crippen molar-refractivity contribution in [3.05, 3.63) is 71.2 Å². The van der Waals surface area contributed by atoms with Crippen molar-refractivity contribution in [3.8, 4) is 0 Å². The standard InChI is InChI=1S/C16H13FO2/c1-10-13-9-12(17)7-8-14(13)19-16(10)15(18)11-5-3-2-4-6-11/h2-9,15,18H,1H3. The Morgan fingerprint density at radius 1 is 1.11 bits per heavy atom. The highest BCUT2D eigenvalue weighted by atomic mass is 19.1. The highest BCUT2D eigenvalue weighted by molar-refractivity contribution is 5.82. The van der Waals surface area contributed by atoms with Gasteiger partial charge in [-0.15, -0.1) is 0 Å². The highest BCUT2D eigenvalue weighted by Crippen LogP contribution is 2.32. The van der Waals surface area contributed by atoms with Gasteiger partial charge in [-0.2, -0.15) is 0 Å². The Morgan fingerprint density at radius 2 is 1.84 bits per heavy atom. The molecular formula is C16H13FO2. The van der Waals surface area contributed by atoms with Crippen molar-refractivity contribution >= 4 is 11.0 Å². The number of rotatable bonds is 2. The molecule has 3 heteroatoms. The SMILES string of the molecule is Cc1c(C(O)c2ccccc2)oc2ccc(F)cc12. The number of aliphatic hydroxyl groups is 1. The van der Waals surface area contributed by atoms with Gasteiger partial charge in [0, 0.05) is 10.9 Å². The first kappa shape index (κ1) is 11.9. The maximum Gasteiger partial charge on any atom is 0.141 e. The predicted octanol–water partition coefficient (Wildman–Crippen LogP) is 3.96. The molecule has 0 spiro atoms. The maximum atomic E-state index is 13.2. The van der Waals surface area contributed by atoms with Crippen LogP contribution in [-0.2, 0) is 0 Å². The molecule has 3 rings (SSSR count). The number of benzene rings is 2. The number of hydrogen-bond donors (Lipinski definition) is 1. The molecule has 1 aromatic heterocycles. The van der Waals surface area contributed by atoms with Crippen LogP contribution in [0.15, 0.2) is 52.9 Å². The van der Waals surface area contributed by atoms with Gasteiger partial charge in [0.05, 0.1) is 0 Å². The molecule has 1 heterocycles. The van der Waals surface area contributed by atoms with Gasteiger partial charge in [0.25, 0.3) is 0 Å². The molecule has 3 aromatic rings. The number of halogens is 1. The zero-order valence-corrected chi connectivity index (χ0v) is 10.4. The van der Waals surface area contributed by atoms with Gasteiger partial charge in [-0.05, 0) is 30.7 Å². The summed E-state index contributed by atoms with van der Waals surface area (Å²) in [7, 11) is 0. The fraction of sp³-hybridized carbons (Fsp3) is 0.125. The lowest BCUT2D eigenvalue weighted by atomic mass is 10.0. The van der Waals surface area contributed by atoms with Crippen LogP contribution in [0, 0.1) is 12.7 Å². The molecule has 0 saturated carbocycles. The summed E-state index contributed by atoms with van der Waals surface area (Å²) in [5, 5.41) is 11.1. The zero-order valence-electron chi connectivity index (χ0n) is 10.4. The molecule has 0 amide bonds. The van der Waals surface area contributed by atoms with E-state index in [-0.39, 0.29) is 5.82 Å². The van der Waals surface area contributed by atoms with E-state index in [9.17, 15) is 9.50 Å². The topological polar surface area (TPSA) is 33.4 Å². The van der Waals surface area contributed by atoms with E-state index in [2.05, 4.69) is 0 Å². The molecule has 0 aliphatic carbocycles. The van der Waals surface area contributed by atoms with Gasteiger partial charge in [-0.3, -0.25) is 0 Å². The summed E-state index contributed by atoms with van der Waals surface area (Å²) in [6.07, 6.45) is -0.836. The number of aliphatic hydroxyl groups excluding tert-OH is 1. The first-order valence-electron chi connectivity index (χ1n) is 6.08. The summed E-state index contributed by atoms with van der Waals surface area (Å²) in [6, 6.07) is 13.6. The Labute approximate surface area is 110 Å². The van der Waals surface area contributed by atoms with Crippen LogP contribution in [0.3, 0.4) is 0 Å². The molecule has 19 heavy (non-hydrogen) atoms. The van der Waals surface area contributed by atoms with Crippen molar-refractivity contribution in [2.24, 2.45) is 0 Å². The smallest absolute Gasteiger partial charge is 0.141 e. The van der Waals surface area contributed by atoms with E-state index in [0.717, 1.165) is 11.1 Å². The molecule has 0 aliphatic rings. The van der Waals surface area contributed by atoms with Crippen molar-refractivity contribution in [1.29, 1.82) is 0 Å². The molecule has 0 bridgehead atoms. The van der Waals surface area contributed by atoms with Gasteiger partial charge < -0.3 is 9.52 Å². The lowest BCUT2D eigenvalue weighted by molar-refractivity contribution is 0.191. The summed E-state index contributed by atoms with van der Waals surface area (Å²) in [6.45, 7) is 1.83. The number of aryl methyl sites for hydroxylation is 1. The van der Waals surface area contributed by atoms with Gasteiger partial charge in [0.1, 0.15) is 23.3 Å². The largest absolute Gasteiger partial charge is 0.458 e. The second-order valence-corrected chi connectivity index (χ2v) is 4.55. The second kappa shape index (κ2) is 4.52. The molecule has 0 radical (unpaired) electrons. The molecule has 0 fully saturated rings. The van der Waals surface area contributed by atoms with Crippen molar-refractivity contribution in [2.45, 2.75) is 13.0 Å². The molecule has 1 N–H and O–H groups in total. The van der Waals surface area contributed by atoms with E-state index in [0.29, 0.717) is 16.7 Å². The van der Waals surface area contributed by atoms with Crippen LogP contribution in [-0.4, -0.2) is 5.11 Å². The summed E-state index contributed by atoms with van der Waals surface area (Å²) in [5.74, 6) is 0.156. The van der Waals surface area contributed by atoms with E-state index >= 15 is 0 Å². The average Bonchev–Trinajstić information content (AvgIpc) is 2.76. The third kappa shape index (κ3) is 2.02. The summed E-state index contributed by atoms with van der Waals surface area (Å²) in [4.78, 5) is 0. The van der Waals surface area contributed by atoms with Gasteiger partial charge in [-0.25, -0.2) is 4.39 Å². The predicted molar refractivity (Wildman–Crippen MR) is 71.4 cm³/mol. The molecule has 0 aliphatic heterocycles. The van der Waals surface area contributed by atoms with Crippen LogP contribution >= 0.6 is 0 Å². The number of fused-ring (bicyclic) bond motifs is 1. The monoisotopic (exact) mass is 256 g/mol. The fourth-order valence-electron chi connectivity index (χ4n) is 2.26. The van der Waals surface area contributed by atoms with Crippen molar-refractivity contribution in [1.82, 2.24) is 0 Å². The Hall–Kier alpha value is -2.13. The highest BCUT2D eigenvalue weighted by Gasteiger charge is 2.19. The van der Waals surface area contributed by atoms with Crippen molar-refractivity contribution in [3.63, 3.8) is 0 Å². The van der Waals surface area contributed by atoms with Gasteiger partial charge >= 0.3 is 0 Å². The number of hydrogen-bond acceptors (Lipinski definition) is 2. The Balaban J connectivity index is 2.13. The van der Waals surface area contributed by atoms with Crippen LogP contribution in [0.4, 0.5) is 4.39 Å². The molecule has 2 aromatic carbocycles. The summed E-state index contributed by atoms with van der Waals surface area (Å²) < 4.78 is 18.9. The van der Waals surface area contributed by atoms with Gasteiger partial charge in [0.15, 0.2) is 0 Å². The Kier molecular flexibility index (Phi) is 2.84. The summed E-state index contributed by atoms with van der Waals surface area (Å²) in [5.41, 5.74) is 2.11. The van der Waals surface area contributed by atoms with E-state index in [1.807, 2.05) is 37.3 Å². The Morgan fingerprint density at radius 3 is 2.58 bits per heavy atom. The van der Waals surface area contributed by atoms with Crippen LogP contribution in [0.5, 0.6) is 0 Å². The quantitative estimate of drug-likeness (QED) is 0.752. The van der Waals surface area contributed by atoms with Crippen molar-refractivity contribution < 1.29 is 13.9 Å². The average molecular weight is 256 g/mol. The molecular weight excluding hydrogens is 243 g/mol. The molecule has 1 unspecified atom stereocenters. The first-order valence-corrected chi connectivity index (χ1v) is 6.08. The molecule has 0 saturated heterocycles. The number of furan rings is 1. The van der Waals surface area contributed by atoms with Crippen molar-refractivity contribution in [2.75, 3.05) is 0 Å². The third-order valence-corrected chi connectivity index (χ3v) is 3.30. The lowest BCUT2D eigenvalue weighted by Crippen LogP contribution is -1.99. The third-order valence-electron chi connectivity index (χ3n) is 3.30. The van der Waals surface area contributed by atoms with Crippen LogP contribution in [0.1, 0.15) is 23.0 Å². The normalized spacial score (nSPS) is 12.8. The molecule has 2 nitrogen and oxygen atoms in total. The van der Waals surface area contributed by atoms with Crippen LogP contribution in [0.2, 0.25) is 0 Å². The fourth-order valence-corrected chi connectivity index (χ4v) is 2.26. The van der Waals surface area contributed by atoms with Gasteiger partial charge in [0.2, 0.25) is 0 Å². The zero-order chi connectivity index (χ0) is 13.4. The minimum absolute atomic E-state index is 0.308. The maximum absolute atomic E-state index is 13.2. The second-order valence-electron chi connectivity index (χ2n) is 4.55. The van der Waals surface area contributed by atoms with E-state index in [4.69, 9.17) is 4.42 Å². The summed E-state index contributed by atoms with van der Waals surface area (Å²) >= 11 is 0. The molecule has 1 atom stereocenters. The minimum atomic E-state index is -0.836. The van der Waals surface area contributed by atoms with Gasteiger partial charge in [-0.1, -0.05) is 30.3 Å². The van der Waals surface area contributed by atoms with Crippen LogP contribution < -0.4 is 0 Å². The minimum Gasteiger partial charge on any atom is -0.458 e. The van der Waals surface area contributed by atoms with E-state index < -0.39 is 6.10 Å². The lowest BCUT2D eigenvalue weighted by Gasteiger charge is -2.08.